The van der Waals surface area contributed by atoms with E-state index < -0.39 is 0 Å². The lowest BCUT2D eigenvalue weighted by atomic mass is 9.84. The van der Waals surface area contributed by atoms with Crippen LogP contribution in [0, 0.1) is 0 Å². The summed E-state index contributed by atoms with van der Waals surface area (Å²) in [4.78, 5) is 5.20. The van der Waals surface area contributed by atoms with E-state index in [0.29, 0.717) is 12.2 Å². The van der Waals surface area contributed by atoms with Gasteiger partial charge in [0, 0.05) is 25.2 Å². The molecule has 0 amide bonds. The van der Waals surface area contributed by atoms with Crippen molar-refractivity contribution in [1.29, 1.82) is 0 Å². The number of hydrogen-bond donors (Lipinski definition) is 1. The molecule has 2 rings (SSSR count). The minimum atomic E-state index is 0.219. The molecule has 2 aliphatic rings. The maximum Gasteiger partial charge on any atom is 0.0678 e. The van der Waals surface area contributed by atoms with Crippen LogP contribution in [0.25, 0.3) is 0 Å². The van der Waals surface area contributed by atoms with Gasteiger partial charge in [-0.25, -0.2) is 0 Å². The van der Waals surface area contributed by atoms with Gasteiger partial charge in [-0.15, -0.1) is 0 Å². The molecular weight excluding hydrogens is 238 g/mol. The van der Waals surface area contributed by atoms with Gasteiger partial charge < -0.3 is 15.4 Å². The predicted molar refractivity (Wildman–Crippen MR) is 79.3 cm³/mol. The van der Waals surface area contributed by atoms with Crippen LogP contribution in [0.1, 0.15) is 40.0 Å². The fourth-order valence-corrected chi connectivity index (χ4v) is 3.72. The van der Waals surface area contributed by atoms with Crippen LogP contribution in [-0.2, 0) is 4.74 Å². The maximum absolute atomic E-state index is 6.18. The average Bonchev–Trinajstić information content (AvgIpc) is 2.39. The van der Waals surface area contributed by atoms with Crippen LogP contribution >= 0.6 is 0 Å². The van der Waals surface area contributed by atoms with Crippen LogP contribution < -0.4 is 5.73 Å². The number of hydrogen-bond acceptors (Lipinski definition) is 4. The minimum absolute atomic E-state index is 0.219. The Balaban J connectivity index is 1.99. The topological polar surface area (TPSA) is 41.7 Å². The van der Waals surface area contributed by atoms with E-state index in [4.69, 9.17) is 10.5 Å². The standard InChI is InChI=1S/C15H31N3O/c1-4-7-17-8-5-15(12-16,6-9-17)18-10-13(2)19-14(3)11-18/h13-14H,4-12,16H2,1-3H3/t13-,14+. The summed E-state index contributed by atoms with van der Waals surface area (Å²) in [6, 6.07) is 0. The zero-order valence-electron chi connectivity index (χ0n) is 12.9. The molecule has 0 aromatic carbocycles. The predicted octanol–water partition coefficient (Wildman–Crippen LogP) is 1.30. The number of rotatable bonds is 4. The maximum atomic E-state index is 6.18. The van der Waals surface area contributed by atoms with Crippen molar-refractivity contribution in [2.24, 2.45) is 5.73 Å². The van der Waals surface area contributed by atoms with Crippen LogP contribution in [-0.4, -0.2) is 66.8 Å². The van der Waals surface area contributed by atoms with Gasteiger partial charge in [0.05, 0.1) is 12.2 Å². The number of nitrogens with zero attached hydrogens (tertiary/aromatic N) is 2. The third-order valence-electron chi connectivity index (χ3n) is 4.80. The molecule has 0 aromatic rings. The molecule has 0 aliphatic carbocycles. The van der Waals surface area contributed by atoms with Crippen molar-refractivity contribution in [2.45, 2.75) is 57.8 Å². The number of morpholine rings is 1. The van der Waals surface area contributed by atoms with Gasteiger partial charge in [-0.05, 0) is 52.7 Å². The van der Waals surface area contributed by atoms with Crippen LogP contribution in [0.5, 0.6) is 0 Å². The van der Waals surface area contributed by atoms with E-state index in [0.717, 1.165) is 19.6 Å². The SMILES string of the molecule is CCCN1CCC(CN)(N2C[C@@H](C)O[C@@H](C)C2)CC1. The van der Waals surface area contributed by atoms with E-state index in [1.165, 1.54) is 38.9 Å². The lowest BCUT2D eigenvalue weighted by molar-refractivity contribution is -0.111. The highest BCUT2D eigenvalue weighted by Crippen LogP contribution is 2.31. The number of piperidine rings is 1. The zero-order chi connectivity index (χ0) is 13.9. The fraction of sp³-hybridized carbons (Fsp3) is 1.00. The van der Waals surface area contributed by atoms with Crippen LogP contribution in [0.3, 0.4) is 0 Å². The van der Waals surface area contributed by atoms with Gasteiger partial charge in [0.25, 0.3) is 0 Å². The van der Waals surface area contributed by atoms with Gasteiger partial charge in [0.15, 0.2) is 0 Å². The summed E-state index contributed by atoms with van der Waals surface area (Å²) < 4.78 is 5.86. The third-order valence-corrected chi connectivity index (χ3v) is 4.80. The molecule has 2 fully saturated rings. The molecule has 2 heterocycles. The molecule has 4 heteroatoms. The third kappa shape index (κ3) is 3.48. The summed E-state index contributed by atoms with van der Waals surface area (Å²) in [5, 5.41) is 0. The first kappa shape index (κ1) is 15.2. The Labute approximate surface area is 118 Å². The van der Waals surface area contributed by atoms with Crippen molar-refractivity contribution in [2.75, 3.05) is 39.3 Å². The van der Waals surface area contributed by atoms with Crippen LogP contribution in [0.4, 0.5) is 0 Å². The number of nitrogens with two attached hydrogens (primary N) is 1. The van der Waals surface area contributed by atoms with Crippen molar-refractivity contribution < 1.29 is 4.74 Å². The summed E-state index contributed by atoms with van der Waals surface area (Å²) in [5.74, 6) is 0. The fourth-order valence-electron chi connectivity index (χ4n) is 3.72. The molecule has 0 saturated carbocycles. The van der Waals surface area contributed by atoms with Crippen molar-refractivity contribution in [3.63, 3.8) is 0 Å². The van der Waals surface area contributed by atoms with E-state index in [9.17, 15) is 0 Å². The van der Waals surface area contributed by atoms with Crippen molar-refractivity contribution >= 4 is 0 Å². The van der Waals surface area contributed by atoms with Gasteiger partial charge in [-0.3, -0.25) is 4.90 Å². The molecule has 19 heavy (non-hydrogen) atoms. The van der Waals surface area contributed by atoms with Crippen molar-refractivity contribution in [1.82, 2.24) is 9.80 Å². The lowest BCUT2D eigenvalue weighted by Gasteiger charge is -2.51. The second-order valence-electron chi connectivity index (χ2n) is 6.43. The Kier molecular flexibility index (Phi) is 5.23. The Morgan fingerprint density at radius 3 is 2.21 bits per heavy atom. The number of likely N-dealkylation sites (tertiary alicyclic amines) is 1. The first-order valence-corrected chi connectivity index (χ1v) is 7.92. The largest absolute Gasteiger partial charge is 0.373 e. The first-order chi connectivity index (χ1) is 9.09. The molecule has 0 spiro atoms. The molecule has 2 aliphatic heterocycles. The van der Waals surface area contributed by atoms with E-state index >= 15 is 0 Å². The molecule has 112 valence electrons. The lowest BCUT2D eigenvalue weighted by Crippen LogP contribution is -2.64. The second-order valence-corrected chi connectivity index (χ2v) is 6.43. The van der Waals surface area contributed by atoms with E-state index in [1.54, 1.807) is 0 Å². The molecule has 0 radical (unpaired) electrons. The van der Waals surface area contributed by atoms with Crippen molar-refractivity contribution in [3.8, 4) is 0 Å². The highest BCUT2D eigenvalue weighted by Gasteiger charge is 2.41. The highest BCUT2D eigenvalue weighted by molar-refractivity contribution is 4.98. The normalized spacial score (nSPS) is 33.5. The van der Waals surface area contributed by atoms with Gasteiger partial charge in [-0.1, -0.05) is 6.92 Å². The quantitative estimate of drug-likeness (QED) is 0.835. The van der Waals surface area contributed by atoms with Crippen LogP contribution in [0.15, 0.2) is 0 Å². The Morgan fingerprint density at radius 2 is 1.74 bits per heavy atom. The summed E-state index contributed by atoms with van der Waals surface area (Å²) in [6.45, 7) is 13.1. The summed E-state index contributed by atoms with van der Waals surface area (Å²) in [5.41, 5.74) is 6.40. The molecule has 2 N–H and O–H groups in total. The van der Waals surface area contributed by atoms with E-state index in [-0.39, 0.29) is 5.54 Å². The van der Waals surface area contributed by atoms with E-state index in [2.05, 4.69) is 30.6 Å². The summed E-state index contributed by atoms with van der Waals surface area (Å²) in [6.07, 6.45) is 4.34. The van der Waals surface area contributed by atoms with Crippen LogP contribution in [0.2, 0.25) is 0 Å². The first-order valence-electron chi connectivity index (χ1n) is 7.92. The van der Waals surface area contributed by atoms with Gasteiger partial charge in [0.1, 0.15) is 0 Å². The van der Waals surface area contributed by atoms with Gasteiger partial charge in [0.2, 0.25) is 0 Å². The van der Waals surface area contributed by atoms with Crippen molar-refractivity contribution in [3.05, 3.63) is 0 Å². The van der Waals surface area contributed by atoms with E-state index in [1.807, 2.05) is 0 Å². The summed E-state index contributed by atoms with van der Waals surface area (Å²) in [7, 11) is 0. The Bertz CT molecular complexity index is 267. The molecule has 2 saturated heterocycles. The summed E-state index contributed by atoms with van der Waals surface area (Å²) >= 11 is 0. The smallest absolute Gasteiger partial charge is 0.0678 e. The van der Waals surface area contributed by atoms with Gasteiger partial charge >= 0.3 is 0 Å². The molecule has 4 nitrogen and oxygen atoms in total. The molecule has 2 atom stereocenters. The molecule has 0 bridgehead atoms. The molecule has 0 aromatic heterocycles. The average molecular weight is 269 g/mol. The van der Waals surface area contributed by atoms with Gasteiger partial charge in [-0.2, -0.15) is 0 Å². The monoisotopic (exact) mass is 269 g/mol. The Morgan fingerprint density at radius 1 is 1.16 bits per heavy atom. The highest BCUT2D eigenvalue weighted by atomic mass is 16.5. The second kappa shape index (κ2) is 6.53. The number of ether oxygens (including phenoxy) is 1. The Hall–Kier alpha value is -0.160. The zero-order valence-corrected chi connectivity index (χ0v) is 12.9. The molecular formula is C15H31N3O. The molecule has 0 unspecified atom stereocenters. The minimum Gasteiger partial charge on any atom is -0.373 e.